The summed E-state index contributed by atoms with van der Waals surface area (Å²) in [6.45, 7) is 7.74. The summed E-state index contributed by atoms with van der Waals surface area (Å²) in [5, 5.41) is 18.4. The number of carbonyl (C=O) groups excluding carboxylic acids is 3. The molecular formula is C34H41Cl2N7O5. The zero-order chi connectivity index (χ0) is 34.6. The minimum atomic E-state index is -1.44. The quantitative estimate of drug-likeness (QED) is 0.119. The third kappa shape index (κ3) is 7.55. The number of amides is 3. The Kier molecular flexibility index (Phi) is 10.8. The molecule has 3 amide bonds. The molecule has 0 saturated heterocycles. The van der Waals surface area contributed by atoms with E-state index in [2.05, 4.69) is 31.1 Å². The molecule has 0 saturated carbocycles. The number of nitrogen functional groups attached to an aromatic ring is 1. The summed E-state index contributed by atoms with van der Waals surface area (Å²) in [6, 6.07) is 10.9. The number of benzene rings is 2. The number of fused-ring (bicyclic) bond motifs is 3. The monoisotopic (exact) mass is 697 g/mol. The first-order valence-corrected chi connectivity index (χ1v) is 16.9. The van der Waals surface area contributed by atoms with Crippen molar-refractivity contribution in [2.24, 2.45) is 11.8 Å². The van der Waals surface area contributed by atoms with Gasteiger partial charge in [0.15, 0.2) is 0 Å². The predicted molar refractivity (Wildman–Crippen MR) is 183 cm³/mol. The molecule has 0 aliphatic heterocycles. The highest BCUT2D eigenvalue weighted by molar-refractivity contribution is 6.38. The van der Waals surface area contributed by atoms with Crippen molar-refractivity contribution in [3.63, 3.8) is 0 Å². The molecule has 48 heavy (non-hydrogen) atoms. The number of ether oxygens (including phenoxy) is 1. The van der Waals surface area contributed by atoms with Crippen LogP contribution in [0.2, 0.25) is 10.0 Å². The topological polar surface area (TPSA) is 177 Å². The van der Waals surface area contributed by atoms with Gasteiger partial charge in [-0.15, -0.1) is 5.10 Å². The average molecular weight is 699 g/mol. The van der Waals surface area contributed by atoms with Crippen molar-refractivity contribution in [1.82, 2.24) is 31.1 Å². The van der Waals surface area contributed by atoms with Crippen molar-refractivity contribution in [2.75, 3.05) is 5.73 Å². The van der Waals surface area contributed by atoms with Crippen LogP contribution in [0.5, 0.6) is 0 Å². The summed E-state index contributed by atoms with van der Waals surface area (Å²) in [5.41, 5.74) is 7.52. The smallest absolute Gasteiger partial charge is 0.408 e. The fraction of sp³-hybridized carbons (Fsp3) is 0.441. The van der Waals surface area contributed by atoms with Crippen LogP contribution in [0.25, 0.3) is 10.9 Å². The zero-order valence-electron chi connectivity index (χ0n) is 27.4. The first-order chi connectivity index (χ1) is 22.9. The largest absolute Gasteiger partial charge is 0.445 e. The van der Waals surface area contributed by atoms with E-state index in [-0.39, 0.29) is 43.2 Å². The number of nitrogens with one attached hydrogen (secondary N) is 4. The first kappa shape index (κ1) is 35.0. The molecule has 0 fully saturated rings. The SMILES string of the molecule is CCC(C)[C@H](NC(=O)OCc1ccccc1)C(=O)N[C@]1(C(=O)N[C@H](c2nnc(N)o2)C(C)CC)CCc2[nH]c3c(Cl)cc(Cl)cc3c2C1. The molecular weight excluding hydrogens is 657 g/mol. The van der Waals surface area contributed by atoms with Crippen LogP contribution >= 0.6 is 23.2 Å². The standard InChI is InChI=1S/C34H41Cl2N7O5/c1-5-18(3)26(40-33(46)47-17-20-10-8-7-9-11-20)29(44)41-34(31(45)39-27(19(4)6-2)30-42-43-32(37)48-30)13-12-25-23(16-34)22-14-21(35)15-24(36)28(22)38-25/h7-11,14-15,18-19,26-27,38H,5-6,12-13,16-17H2,1-4H3,(H2,37,43)(H,39,45)(H,40,46)(H,41,44)/t18?,19?,26-,27-,34+/m0/s1. The number of hydrogen-bond donors (Lipinski definition) is 5. The molecule has 2 aromatic carbocycles. The van der Waals surface area contributed by atoms with Gasteiger partial charge in [-0.3, -0.25) is 9.59 Å². The number of halogens is 2. The summed E-state index contributed by atoms with van der Waals surface area (Å²) in [6.07, 6.45) is 1.32. The second-order valence-corrected chi connectivity index (χ2v) is 13.4. The van der Waals surface area contributed by atoms with Crippen molar-refractivity contribution < 1.29 is 23.5 Å². The van der Waals surface area contributed by atoms with Gasteiger partial charge < -0.3 is 35.8 Å². The van der Waals surface area contributed by atoms with Crippen LogP contribution in [0, 0.1) is 11.8 Å². The summed E-state index contributed by atoms with van der Waals surface area (Å²) in [5.74, 6) is -1.19. The Hall–Kier alpha value is -4.29. The number of alkyl carbamates (subject to hydrolysis) is 1. The fourth-order valence-corrected chi connectivity index (χ4v) is 6.61. The lowest BCUT2D eigenvalue weighted by Crippen LogP contribution is -2.65. The van der Waals surface area contributed by atoms with Crippen molar-refractivity contribution >= 4 is 58.0 Å². The van der Waals surface area contributed by atoms with Gasteiger partial charge in [-0.05, 0) is 47.9 Å². The van der Waals surface area contributed by atoms with Crippen LogP contribution in [0.4, 0.5) is 10.8 Å². The van der Waals surface area contributed by atoms with E-state index < -0.39 is 35.5 Å². The van der Waals surface area contributed by atoms with Gasteiger partial charge in [0.25, 0.3) is 0 Å². The maximum absolute atomic E-state index is 14.6. The third-order valence-corrected chi connectivity index (χ3v) is 9.82. The van der Waals surface area contributed by atoms with Crippen LogP contribution in [0.1, 0.15) is 75.7 Å². The maximum atomic E-state index is 14.6. The van der Waals surface area contributed by atoms with Gasteiger partial charge in [0.2, 0.25) is 17.7 Å². The molecule has 256 valence electrons. The molecule has 0 spiro atoms. The highest BCUT2D eigenvalue weighted by Crippen LogP contribution is 2.39. The molecule has 0 bridgehead atoms. The van der Waals surface area contributed by atoms with Crippen LogP contribution in [-0.4, -0.2) is 44.7 Å². The Bertz CT molecular complexity index is 1780. The number of rotatable bonds is 12. The molecule has 2 aromatic heterocycles. The highest BCUT2D eigenvalue weighted by Gasteiger charge is 2.47. The lowest BCUT2D eigenvalue weighted by molar-refractivity contribution is -0.136. The Morgan fingerprint density at radius 1 is 1.06 bits per heavy atom. The Morgan fingerprint density at radius 2 is 1.79 bits per heavy atom. The van der Waals surface area contributed by atoms with Gasteiger partial charge in [-0.1, -0.05) is 99.2 Å². The van der Waals surface area contributed by atoms with Crippen molar-refractivity contribution in [2.45, 2.75) is 84.0 Å². The number of H-pyrrole nitrogens is 1. The van der Waals surface area contributed by atoms with Crippen molar-refractivity contribution in [3.8, 4) is 0 Å². The number of carbonyl (C=O) groups is 3. The minimum absolute atomic E-state index is 0.0412. The van der Waals surface area contributed by atoms with E-state index in [4.69, 9.17) is 38.1 Å². The lowest BCUT2D eigenvalue weighted by Gasteiger charge is -2.39. The van der Waals surface area contributed by atoms with E-state index in [0.29, 0.717) is 34.8 Å². The Balaban J connectivity index is 1.47. The summed E-state index contributed by atoms with van der Waals surface area (Å²) >= 11 is 12.9. The number of aromatic amines is 1. The van der Waals surface area contributed by atoms with Crippen molar-refractivity contribution in [3.05, 3.63) is 75.2 Å². The van der Waals surface area contributed by atoms with E-state index in [1.807, 2.05) is 58.0 Å². The predicted octanol–water partition coefficient (Wildman–Crippen LogP) is 6.03. The second-order valence-electron chi connectivity index (χ2n) is 12.5. The minimum Gasteiger partial charge on any atom is -0.445 e. The fourth-order valence-electron chi connectivity index (χ4n) is 6.07. The Labute approximate surface area is 288 Å². The highest BCUT2D eigenvalue weighted by atomic mass is 35.5. The van der Waals surface area contributed by atoms with Gasteiger partial charge >= 0.3 is 12.1 Å². The zero-order valence-corrected chi connectivity index (χ0v) is 28.9. The maximum Gasteiger partial charge on any atom is 0.408 e. The van der Waals surface area contributed by atoms with Gasteiger partial charge in [-0.25, -0.2) is 4.79 Å². The van der Waals surface area contributed by atoms with Crippen LogP contribution < -0.4 is 21.7 Å². The number of aryl methyl sites for hydroxylation is 1. The molecule has 0 radical (unpaired) electrons. The van der Waals surface area contributed by atoms with E-state index in [9.17, 15) is 14.4 Å². The van der Waals surface area contributed by atoms with Crippen LogP contribution in [-0.2, 0) is 33.8 Å². The van der Waals surface area contributed by atoms with Gasteiger partial charge in [0.05, 0.1) is 10.5 Å². The Morgan fingerprint density at radius 3 is 2.46 bits per heavy atom. The molecule has 5 rings (SSSR count). The number of hydrogen-bond acceptors (Lipinski definition) is 8. The number of anilines is 1. The van der Waals surface area contributed by atoms with Crippen LogP contribution in [0.3, 0.4) is 0 Å². The molecule has 1 aliphatic rings. The number of aromatic nitrogens is 3. The molecule has 12 nitrogen and oxygen atoms in total. The molecule has 5 atom stereocenters. The first-order valence-electron chi connectivity index (χ1n) is 16.1. The van der Waals surface area contributed by atoms with Crippen LogP contribution in [0.15, 0.2) is 46.9 Å². The molecule has 1 aliphatic carbocycles. The third-order valence-electron chi connectivity index (χ3n) is 9.30. The van der Waals surface area contributed by atoms with Gasteiger partial charge in [0, 0.05) is 22.5 Å². The van der Waals surface area contributed by atoms with Gasteiger partial charge in [0.1, 0.15) is 24.2 Å². The second kappa shape index (κ2) is 14.9. The van der Waals surface area contributed by atoms with E-state index >= 15 is 0 Å². The summed E-state index contributed by atoms with van der Waals surface area (Å²) in [4.78, 5) is 45.2. The average Bonchev–Trinajstić information content (AvgIpc) is 3.67. The number of nitrogens with zero attached hydrogens (tertiary/aromatic N) is 2. The lowest BCUT2D eigenvalue weighted by atomic mass is 9.78. The van der Waals surface area contributed by atoms with E-state index in [0.717, 1.165) is 22.2 Å². The van der Waals surface area contributed by atoms with E-state index in [1.165, 1.54) is 0 Å². The summed E-state index contributed by atoms with van der Waals surface area (Å²) in [7, 11) is 0. The molecule has 4 aromatic rings. The normalized spacial score (nSPS) is 18.3. The van der Waals surface area contributed by atoms with Crippen molar-refractivity contribution in [1.29, 1.82) is 0 Å². The molecule has 2 heterocycles. The molecule has 6 N–H and O–H groups in total. The number of nitrogens with two attached hydrogens (primary N) is 1. The molecule has 2 unspecified atom stereocenters. The van der Waals surface area contributed by atoms with E-state index in [1.54, 1.807) is 12.1 Å². The summed E-state index contributed by atoms with van der Waals surface area (Å²) < 4.78 is 11.0. The molecule has 14 heteroatoms. The van der Waals surface area contributed by atoms with Gasteiger partial charge in [-0.2, -0.15) is 0 Å².